The Labute approximate surface area is 280 Å². The van der Waals surface area contributed by atoms with Gasteiger partial charge in [-0.3, -0.25) is 28.8 Å². The Bertz CT molecular complexity index is 1400. The van der Waals surface area contributed by atoms with E-state index >= 15 is 0 Å². The van der Waals surface area contributed by atoms with Crippen molar-refractivity contribution in [3.8, 4) is 5.75 Å². The van der Waals surface area contributed by atoms with Crippen molar-refractivity contribution < 1.29 is 33.9 Å². The minimum atomic E-state index is -1.16. The standard InChI is InChI=1S/C34H47N7O7/c1-3-21(2)30-34(48)39-25(11-7-8-16-35)32(46)40-26(18-23-12-14-24(42)15-13-23)31(45)37-19-28(43)36-20-29(44)38-27(33(47)41-30)17-22-9-5-4-6-10-22/h4-6,9-10,12-15,21,25-27,30,42H,3,7-8,11,16-20,35H2,1-2H3,(H,36,43)(H,37,45)(H,38,44)(H,39,48)(H,40,46)(H,41,47). The fraction of sp³-hybridized carbons (Fsp3) is 0.471. The summed E-state index contributed by atoms with van der Waals surface area (Å²) in [5.41, 5.74) is 7.06. The number of nitrogens with one attached hydrogen (secondary N) is 6. The topological polar surface area (TPSA) is 221 Å². The molecule has 0 aliphatic carbocycles. The van der Waals surface area contributed by atoms with Crippen molar-refractivity contribution >= 4 is 35.4 Å². The number of nitrogens with two attached hydrogens (primary N) is 1. The molecule has 1 heterocycles. The third-order valence-electron chi connectivity index (χ3n) is 8.19. The summed E-state index contributed by atoms with van der Waals surface area (Å²) in [5, 5.41) is 25.5. The molecule has 0 spiro atoms. The quantitative estimate of drug-likeness (QED) is 0.155. The summed E-state index contributed by atoms with van der Waals surface area (Å²) >= 11 is 0. The second kappa shape index (κ2) is 19.0. The number of amides is 6. The fourth-order valence-electron chi connectivity index (χ4n) is 5.16. The largest absolute Gasteiger partial charge is 0.508 e. The summed E-state index contributed by atoms with van der Waals surface area (Å²) in [6, 6.07) is 10.7. The number of carbonyl (C=O) groups excluding carboxylic acids is 6. The van der Waals surface area contributed by atoms with Crippen molar-refractivity contribution in [2.24, 2.45) is 11.7 Å². The van der Waals surface area contributed by atoms with Crippen molar-refractivity contribution in [3.63, 3.8) is 0 Å². The molecule has 5 unspecified atom stereocenters. The van der Waals surface area contributed by atoms with Crippen molar-refractivity contribution in [1.29, 1.82) is 0 Å². The Kier molecular flexibility index (Phi) is 14.8. The van der Waals surface area contributed by atoms with E-state index in [1.54, 1.807) is 43.3 Å². The molecule has 3 rings (SSSR count). The molecular weight excluding hydrogens is 618 g/mol. The smallest absolute Gasteiger partial charge is 0.243 e. The summed E-state index contributed by atoms with van der Waals surface area (Å²) < 4.78 is 0. The van der Waals surface area contributed by atoms with E-state index in [-0.39, 0.29) is 30.9 Å². The summed E-state index contributed by atoms with van der Waals surface area (Å²) in [6.07, 6.45) is 1.93. The highest BCUT2D eigenvalue weighted by molar-refractivity contribution is 5.97. The minimum absolute atomic E-state index is 0.0136. The van der Waals surface area contributed by atoms with Crippen LogP contribution in [0.15, 0.2) is 54.6 Å². The number of hydrogen-bond donors (Lipinski definition) is 8. The minimum Gasteiger partial charge on any atom is -0.508 e. The number of phenols is 1. The number of carbonyl (C=O) groups is 6. The molecule has 0 bridgehead atoms. The molecule has 2 aromatic carbocycles. The van der Waals surface area contributed by atoms with Crippen LogP contribution < -0.4 is 37.6 Å². The first-order valence-electron chi connectivity index (χ1n) is 16.3. The Morgan fingerprint density at radius 3 is 1.92 bits per heavy atom. The predicted molar refractivity (Wildman–Crippen MR) is 178 cm³/mol. The van der Waals surface area contributed by atoms with E-state index in [1.165, 1.54) is 12.1 Å². The number of aromatic hydroxyl groups is 1. The van der Waals surface area contributed by atoms with E-state index in [9.17, 15) is 33.9 Å². The highest BCUT2D eigenvalue weighted by atomic mass is 16.3. The van der Waals surface area contributed by atoms with Crippen molar-refractivity contribution in [2.75, 3.05) is 19.6 Å². The summed E-state index contributed by atoms with van der Waals surface area (Å²) in [4.78, 5) is 80.0. The van der Waals surface area contributed by atoms with E-state index in [1.807, 2.05) is 13.0 Å². The zero-order valence-electron chi connectivity index (χ0n) is 27.4. The highest BCUT2D eigenvalue weighted by Gasteiger charge is 2.34. The zero-order valence-corrected chi connectivity index (χ0v) is 27.4. The summed E-state index contributed by atoms with van der Waals surface area (Å²) in [7, 11) is 0. The summed E-state index contributed by atoms with van der Waals surface area (Å²) in [6.45, 7) is 3.06. The van der Waals surface area contributed by atoms with Gasteiger partial charge in [-0.05, 0) is 55.0 Å². The Morgan fingerprint density at radius 2 is 1.27 bits per heavy atom. The fourth-order valence-corrected chi connectivity index (χ4v) is 5.16. The van der Waals surface area contributed by atoms with Gasteiger partial charge in [0.2, 0.25) is 35.4 Å². The molecule has 1 aliphatic heterocycles. The molecule has 48 heavy (non-hydrogen) atoms. The van der Waals surface area contributed by atoms with Crippen molar-refractivity contribution in [2.45, 2.75) is 76.5 Å². The molecule has 0 saturated carbocycles. The van der Waals surface area contributed by atoms with Crippen molar-refractivity contribution in [3.05, 3.63) is 65.7 Å². The lowest BCUT2D eigenvalue weighted by Crippen LogP contribution is -2.60. The van der Waals surface area contributed by atoms with E-state index in [0.717, 1.165) is 5.56 Å². The van der Waals surface area contributed by atoms with Crippen LogP contribution in [0.5, 0.6) is 5.75 Å². The number of hydrogen-bond acceptors (Lipinski definition) is 8. The molecule has 2 aromatic rings. The average Bonchev–Trinajstić information content (AvgIpc) is 3.08. The maximum atomic E-state index is 13.8. The molecule has 6 amide bonds. The Balaban J connectivity index is 1.95. The van der Waals surface area contributed by atoms with Gasteiger partial charge in [0.1, 0.15) is 29.9 Å². The molecular formula is C34H47N7O7. The second-order valence-electron chi connectivity index (χ2n) is 12.0. The Hall–Kier alpha value is -4.98. The molecule has 14 heteroatoms. The molecule has 260 valence electrons. The molecule has 5 atom stereocenters. The summed E-state index contributed by atoms with van der Waals surface area (Å²) in [5.74, 6) is -4.14. The normalized spacial score (nSPS) is 22.5. The van der Waals surface area contributed by atoms with Crippen LogP contribution in [0.1, 0.15) is 50.7 Å². The van der Waals surface area contributed by atoms with Gasteiger partial charge in [0.25, 0.3) is 0 Å². The number of phenolic OH excluding ortho intramolecular Hbond substituents is 1. The van der Waals surface area contributed by atoms with E-state index in [4.69, 9.17) is 5.73 Å². The van der Waals surface area contributed by atoms with E-state index in [2.05, 4.69) is 31.9 Å². The molecule has 1 fully saturated rings. The zero-order chi connectivity index (χ0) is 35.1. The Morgan fingerprint density at radius 1 is 0.688 bits per heavy atom. The first-order chi connectivity index (χ1) is 23.0. The third-order valence-corrected chi connectivity index (χ3v) is 8.19. The van der Waals surface area contributed by atoms with Gasteiger partial charge in [0.05, 0.1) is 13.1 Å². The van der Waals surface area contributed by atoms with E-state index < -0.39 is 72.7 Å². The lowest BCUT2D eigenvalue weighted by Gasteiger charge is -2.29. The van der Waals surface area contributed by atoms with Gasteiger partial charge >= 0.3 is 0 Å². The van der Waals surface area contributed by atoms with Crippen LogP contribution in [0.3, 0.4) is 0 Å². The molecule has 0 radical (unpaired) electrons. The first-order valence-corrected chi connectivity index (χ1v) is 16.3. The van der Waals surface area contributed by atoms with Crippen molar-refractivity contribution in [1.82, 2.24) is 31.9 Å². The van der Waals surface area contributed by atoms with Crippen LogP contribution in [0.25, 0.3) is 0 Å². The second-order valence-corrected chi connectivity index (χ2v) is 12.0. The van der Waals surface area contributed by atoms with Crippen LogP contribution in [-0.2, 0) is 41.6 Å². The number of rotatable bonds is 10. The third kappa shape index (κ3) is 12.0. The SMILES string of the molecule is CCC(C)C1NC(=O)C(Cc2ccccc2)NC(=O)CNC(=O)CNC(=O)C(Cc2ccc(O)cc2)NC(=O)C(CCCCN)NC1=O. The average molecular weight is 666 g/mol. The van der Waals surface area contributed by atoms with E-state index in [0.29, 0.717) is 31.4 Å². The molecule has 1 aliphatic rings. The molecule has 14 nitrogen and oxygen atoms in total. The highest BCUT2D eigenvalue weighted by Crippen LogP contribution is 2.14. The molecule has 9 N–H and O–H groups in total. The van der Waals surface area contributed by atoms with Crippen LogP contribution in [-0.4, -0.2) is 84.4 Å². The van der Waals surface area contributed by atoms with Gasteiger partial charge in [-0.1, -0.05) is 62.7 Å². The molecule has 1 saturated heterocycles. The van der Waals surface area contributed by atoms with Gasteiger partial charge in [-0.15, -0.1) is 0 Å². The van der Waals surface area contributed by atoms with Gasteiger partial charge in [0, 0.05) is 12.8 Å². The number of benzene rings is 2. The molecule has 0 aromatic heterocycles. The monoisotopic (exact) mass is 665 g/mol. The van der Waals surface area contributed by atoms with Crippen LogP contribution in [0, 0.1) is 5.92 Å². The number of unbranched alkanes of at least 4 members (excludes halogenated alkanes) is 1. The van der Waals surface area contributed by atoms with Gasteiger partial charge < -0.3 is 42.7 Å². The van der Waals surface area contributed by atoms with Gasteiger partial charge in [-0.2, -0.15) is 0 Å². The lowest BCUT2D eigenvalue weighted by molar-refractivity contribution is -0.136. The first kappa shape index (κ1) is 37.5. The lowest BCUT2D eigenvalue weighted by atomic mass is 9.96. The predicted octanol–water partition coefficient (Wildman–Crippen LogP) is -0.462. The van der Waals surface area contributed by atoms with Crippen LogP contribution in [0.2, 0.25) is 0 Å². The van der Waals surface area contributed by atoms with Gasteiger partial charge in [0.15, 0.2) is 0 Å². The van der Waals surface area contributed by atoms with Crippen LogP contribution >= 0.6 is 0 Å². The van der Waals surface area contributed by atoms with Gasteiger partial charge in [-0.25, -0.2) is 0 Å². The maximum absolute atomic E-state index is 13.8. The van der Waals surface area contributed by atoms with Crippen LogP contribution in [0.4, 0.5) is 0 Å². The maximum Gasteiger partial charge on any atom is 0.243 e.